The van der Waals surface area contributed by atoms with Crippen molar-refractivity contribution >= 4 is 79.2 Å². The number of thioether (sulfide) groups is 1. The third kappa shape index (κ3) is 8.75. The number of benzene rings is 3. The molecule has 4 rings (SSSR count). The molecule has 0 radical (unpaired) electrons. The van der Waals surface area contributed by atoms with E-state index in [0.717, 1.165) is 26.5 Å². The number of amides is 3. The second-order valence-electron chi connectivity index (χ2n) is 9.62. The summed E-state index contributed by atoms with van der Waals surface area (Å²) in [4.78, 5) is 46.2. The van der Waals surface area contributed by atoms with Crippen LogP contribution >= 0.6 is 50.3 Å². The molecule has 0 aromatic heterocycles. The van der Waals surface area contributed by atoms with Gasteiger partial charge in [0.05, 0.1) is 19.8 Å². The Labute approximate surface area is 294 Å². The highest BCUT2D eigenvalue weighted by molar-refractivity contribution is 14.1. The second kappa shape index (κ2) is 16.9. The SMILES string of the molecule is C#CCOc1c(Br)cc(/C=C2\C(=O)N=C(SCC(=O)NC(c3ccccc3)c3ccccc3)N(C(/C=C\C=C)=C/C)C2=O)cc1I. The number of nitrogens with zero attached hydrogens (tertiary/aromatic N) is 2. The van der Waals surface area contributed by atoms with E-state index in [1.54, 1.807) is 43.4 Å². The van der Waals surface area contributed by atoms with Crippen molar-refractivity contribution in [2.24, 2.45) is 4.99 Å². The number of nitrogens with one attached hydrogen (secondary N) is 1. The second-order valence-corrected chi connectivity index (χ2v) is 12.6. The summed E-state index contributed by atoms with van der Waals surface area (Å²) in [6, 6.07) is 22.4. The van der Waals surface area contributed by atoms with Crippen molar-refractivity contribution in [2.45, 2.75) is 13.0 Å². The first kappa shape index (κ1) is 34.7. The monoisotopic (exact) mass is 805 g/mol. The van der Waals surface area contributed by atoms with Gasteiger partial charge in [0.25, 0.3) is 11.8 Å². The van der Waals surface area contributed by atoms with Gasteiger partial charge in [0, 0.05) is 5.70 Å². The number of amidine groups is 1. The predicted octanol–water partition coefficient (Wildman–Crippen LogP) is 7.46. The third-order valence-corrected chi connectivity index (χ3v) is 8.87. The number of carbonyl (C=O) groups excluding carboxylic acids is 3. The van der Waals surface area contributed by atoms with Crippen LogP contribution in [0.3, 0.4) is 0 Å². The Bertz CT molecular complexity index is 1730. The van der Waals surface area contributed by atoms with Crippen LogP contribution in [-0.4, -0.2) is 40.1 Å². The first-order valence-corrected chi connectivity index (χ1v) is 16.8. The minimum atomic E-state index is -0.711. The highest BCUT2D eigenvalue weighted by atomic mass is 127. The fourth-order valence-electron chi connectivity index (χ4n) is 4.47. The Morgan fingerprint density at radius 1 is 1.15 bits per heavy atom. The van der Waals surface area contributed by atoms with Crippen molar-refractivity contribution in [2.75, 3.05) is 12.4 Å². The van der Waals surface area contributed by atoms with E-state index in [1.807, 2.05) is 60.7 Å². The van der Waals surface area contributed by atoms with Crippen molar-refractivity contribution in [1.82, 2.24) is 10.2 Å². The summed E-state index contributed by atoms with van der Waals surface area (Å²) >= 11 is 6.59. The number of ether oxygens (including phenoxy) is 1. The van der Waals surface area contributed by atoms with Gasteiger partial charge in [0.2, 0.25) is 5.91 Å². The summed E-state index contributed by atoms with van der Waals surface area (Å²) in [5.41, 5.74) is 2.77. The lowest BCUT2D eigenvalue weighted by Crippen LogP contribution is -2.42. The first-order chi connectivity index (χ1) is 22.3. The van der Waals surface area contributed by atoms with Crippen LogP contribution in [0.25, 0.3) is 6.08 Å². The third-order valence-electron chi connectivity index (χ3n) is 6.54. The number of allylic oxidation sites excluding steroid dienone is 4. The van der Waals surface area contributed by atoms with Crippen molar-refractivity contribution in [3.63, 3.8) is 0 Å². The number of carbonyl (C=O) groups is 3. The molecule has 0 bridgehead atoms. The van der Waals surface area contributed by atoms with Crippen LogP contribution in [0.15, 0.2) is 124 Å². The molecule has 7 nitrogen and oxygen atoms in total. The zero-order valence-corrected chi connectivity index (χ0v) is 29.3. The van der Waals surface area contributed by atoms with Gasteiger partial charge in [-0.3, -0.25) is 19.3 Å². The average Bonchev–Trinajstić information content (AvgIpc) is 3.06. The van der Waals surface area contributed by atoms with Crippen molar-refractivity contribution in [3.05, 3.63) is 140 Å². The van der Waals surface area contributed by atoms with Gasteiger partial charge in [-0.05, 0) is 86.4 Å². The largest absolute Gasteiger partial charge is 0.479 e. The van der Waals surface area contributed by atoms with E-state index in [4.69, 9.17) is 11.2 Å². The molecule has 0 spiro atoms. The Balaban J connectivity index is 1.63. The molecule has 0 aliphatic carbocycles. The number of halogens is 2. The maximum absolute atomic E-state index is 14.0. The summed E-state index contributed by atoms with van der Waals surface area (Å²) in [6.45, 7) is 5.58. The summed E-state index contributed by atoms with van der Waals surface area (Å²) in [6.07, 6.45) is 13.5. The van der Waals surface area contributed by atoms with E-state index in [2.05, 4.69) is 61.3 Å². The summed E-state index contributed by atoms with van der Waals surface area (Å²) in [5.74, 6) is 1.33. The number of terminal acetylenes is 1. The molecule has 0 fully saturated rings. The van der Waals surface area contributed by atoms with Crippen LogP contribution in [0.1, 0.15) is 29.7 Å². The lowest BCUT2D eigenvalue weighted by atomic mass is 9.99. The van der Waals surface area contributed by atoms with Gasteiger partial charge in [-0.2, -0.15) is 4.99 Å². The zero-order valence-electron chi connectivity index (χ0n) is 24.8. The number of hydrogen-bond donors (Lipinski definition) is 1. The van der Waals surface area contributed by atoms with Crippen LogP contribution in [0.4, 0.5) is 0 Å². The van der Waals surface area contributed by atoms with Crippen LogP contribution in [0, 0.1) is 15.9 Å². The van der Waals surface area contributed by atoms with Crippen LogP contribution in [0.2, 0.25) is 0 Å². The zero-order chi connectivity index (χ0) is 33.1. The smallest absolute Gasteiger partial charge is 0.285 e. The molecule has 0 unspecified atom stereocenters. The molecule has 232 valence electrons. The molecule has 0 saturated carbocycles. The molecule has 10 heteroatoms. The van der Waals surface area contributed by atoms with Gasteiger partial charge in [-0.15, -0.1) is 6.42 Å². The number of rotatable bonds is 11. The minimum Gasteiger partial charge on any atom is -0.479 e. The van der Waals surface area contributed by atoms with E-state index in [9.17, 15) is 14.4 Å². The fourth-order valence-corrected chi connectivity index (χ4v) is 7.05. The molecule has 1 N–H and O–H groups in total. The summed E-state index contributed by atoms with van der Waals surface area (Å²) < 4.78 is 6.96. The van der Waals surface area contributed by atoms with E-state index in [1.165, 1.54) is 11.0 Å². The Morgan fingerprint density at radius 2 is 1.80 bits per heavy atom. The lowest BCUT2D eigenvalue weighted by Gasteiger charge is -2.28. The Kier molecular flexibility index (Phi) is 12.8. The molecule has 3 aromatic carbocycles. The number of aliphatic imine (C=N–C) groups is 1. The average molecular weight is 807 g/mol. The van der Waals surface area contributed by atoms with Crippen molar-refractivity contribution < 1.29 is 19.1 Å². The van der Waals surface area contributed by atoms with E-state index < -0.39 is 11.8 Å². The topological polar surface area (TPSA) is 88.1 Å². The van der Waals surface area contributed by atoms with Gasteiger partial charge in [-0.1, -0.05) is 103 Å². The van der Waals surface area contributed by atoms with Crippen LogP contribution in [0.5, 0.6) is 5.75 Å². The molecule has 0 atom stereocenters. The highest BCUT2D eigenvalue weighted by Gasteiger charge is 2.35. The number of hydrogen-bond acceptors (Lipinski definition) is 5. The maximum atomic E-state index is 14.0. The van der Waals surface area contributed by atoms with Crippen molar-refractivity contribution in [3.8, 4) is 18.1 Å². The molecule has 0 saturated heterocycles. The molecule has 1 aliphatic heterocycles. The maximum Gasteiger partial charge on any atom is 0.285 e. The molecule has 3 aromatic rings. The van der Waals surface area contributed by atoms with Crippen LogP contribution < -0.4 is 10.1 Å². The van der Waals surface area contributed by atoms with Crippen LogP contribution in [-0.2, 0) is 14.4 Å². The quantitative estimate of drug-likeness (QED) is 0.0716. The Morgan fingerprint density at radius 3 is 2.37 bits per heavy atom. The lowest BCUT2D eigenvalue weighted by molar-refractivity contribution is -0.126. The van der Waals surface area contributed by atoms with Gasteiger partial charge >= 0.3 is 0 Å². The van der Waals surface area contributed by atoms with E-state index >= 15 is 0 Å². The van der Waals surface area contributed by atoms with Gasteiger partial charge in [0.1, 0.15) is 17.9 Å². The summed E-state index contributed by atoms with van der Waals surface area (Å²) in [5, 5.41) is 3.18. The van der Waals surface area contributed by atoms with E-state index in [0.29, 0.717) is 21.5 Å². The molecule has 1 heterocycles. The molecule has 46 heavy (non-hydrogen) atoms. The predicted molar refractivity (Wildman–Crippen MR) is 197 cm³/mol. The molecular formula is C36H29BrIN3O4S. The summed E-state index contributed by atoms with van der Waals surface area (Å²) in [7, 11) is 0. The minimum absolute atomic E-state index is 0.0858. The molecule has 3 amide bonds. The Hall–Kier alpha value is -4.18. The first-order valence-electron chi connectivity index (χ1n) is 14.0. The van der Waals surface area contributed by atoms with Gasteiger partial charge in [0.15, 0.2) is 5.17 Å². The fraction of sp³-hybridized carbons (Fsp3) is 0.111. The highest BCUT2D eigenvalue weighted by Crippen LogP contribution is 2.34. The molecular weight excluding hydrogens is 777 g/mol. The van der Waals surface area contributed by atoms with Crippen molar-refractivity contribution in [1.29, 1.82) is 0 Å². The van der Waals surface area contributed by atoms with Gasteiger partial charge in [-0.25, -0.2) is 0 Å². The standard InChI is InChI=1S/C36H29BrIN3O4S/c1-4-7-18-27(6-3)41-35(44)28(20-24-21-29(37)33(30(38)22-24)45-19-5-2)34(43)40-36(41)46-23-31(42)39-32(25-14-10-8-11-15-25)26-16-12-9-13-17-26/h2,4,6-18,20-22,32H,1,19,23H2,3H3,(H,39,42)/b18-7-,27-6+,28-20+. The van der Waals surface area contributed by atoms with E-state index in [-0.39, 0.29) is 35.0 Å². The molecule has 1 aliphatic rings. The van der Waals surface area contributed by atoms with Gasteiger partial charge < -0.3 is 10.1 Å². The normalized spacial score (nSPS) is 14.4.